The minimum Gasteiger partial charge on any atom is -0.453 e. The second-order valence-electron chi connectivity index (χ2n) is 9.62. The highest BCUT2D eigenvalue weighted by atomic mass is 28.3. The third kappa shape index (κ3) is 5.38. The molecule has 0 aliphatic carbocycles. The number of carbonyl (C=O) groups is 3. The number of Topliss-reactive ketones (excluding diaryl/α,β-unsaturated/α-hetero) is 1. The maximum atomic E-state index is 13.6. The van der Waals surface area contributed by atoms with E-state index in [0.29, 0.717) is 5.56 Å². The van der Waals surface area contributed by atoms with Crippen LogP contribution in [0.2, 0.25) is 13.1 Å². The number of esters is 1. The average molecular weight is 472 g/mol. The Balaban J connectivity index is 2.58. The van der Waals surface area contributed by atoms with Gasteiger partial charge in [-0.05, 0) is 31.0 Å². The van der Waals surface area contributed by atoms with Gasteiger partial charge in [-0.3, -0.25) is 9.59 Å². The monoisotopic (exact) mass is 471 g/mol. The van der Waals surface area contributed by atoms with E-state index < -0.39 is 55.4 Å². The number of nitrogens with zero attached hydrogens (tertiary/aromatic N) is 2. The minimum atomic E-state index is -1.58. The Bertz CT molecular complexity index is 966. The van der Waals surface area contributed by atoms with E-state index in [-0.39, 0.29) is 12.5 Å². The van der Waals surface area contributed by atoms with Gasteiger partial charge in [0, 0.05) is 0 Å². The first-order chi connectivity index (χ1) is 15.4. The molecular weight excluding hydrogens is 438 g/mol. The van der Waals surface area contributed by atoms with Gasteiger partial charge in [0.05, 0.1) is 23.5 Å². The second-order valence-corrected chi connectivity index (χ2v) is 12.0. The molecule has 1 saturated heterocycles. The Morgan fingerprint density at radius 3 is 2.30 bits per heavy atom. The van der Waals surface area contributed by atoms with Gasteiger partial charge < -0.3 is 20.0 Å². The molecule has 4 atom stereocenters. The number of rotatable bonds is 10. The fraction of sp³-hybridized carbons (Fsp3) is 0.500. The van der Waals surface area contributed by atoms with Crippen LogP contribution in [0.4, 0.5) is 0 Å². The molecule has 1 N–H and O–H groups in total. The lowest BCUT2D eigenvalue weighted by Crippen LogP contribution is -2.72. The van der Waals surface area contributed by atoms with Gasteiger partial charge >= 0.3 is 11.7 Å². The van der Waals surface area contributed by atoms with Crippen LogP contribution in [0.25, 0.3) is 5.53 Å². The molecule has 33 heavy (non-hydrogen) atoms. The van der Waals surface area contributed by atoms with Gasteiger partial charge in [0.1, 0.15) is 6.61 Å². The second kappa shape index (κ2) is 10.4. The number of β-lactam (4-membered cyclic amide) rings is 1. The number of ketones is 1. The average Bonchev–Trinajstić information content (AvgIpc) is 2.71. The molecule has 1 aliphatic heterocycles. The molecule has 1 heterocycles. The number of ether oxygens (including phenoxy) is 1. The van der Waals surface area contributed by atoms with Crippen LogP contribution in [0.1, 0.15) is 39.2 Å². The molecule has 0 bridgehead atoms. The quantitative estimate of drug-likeness (QED) is 0.0823. The van der Waals surface area contributed by atoms with Crippen molar-refractivity contribution in [2.45, 2.75) is 58.3 Å². The SMILES string of the molecule is C=CCOC(=O)C(=[N+]=[N-])C(=O)[C@H](c1ccccc1)[C@H]1NC(=O)[C@@H]1[C@@](C)(O[SiH](C)C)C(C)(C)C. The topological polar surface area (TPSA) is 118 Å². The van der Waals surface area contributed by atoms with Crippen molar-refractivity contribution in [2.24, 2.45) is 11.3 Å². The Morgan fingerprint density at radius 2 is 1.85 bits per heavy atom. The molecule has 9 heteroatoms. The summed E-state index contributed by atoms with van der Waals surface area (Å²) in [6.07, 6.45) is 1.34. The van der Waals surface area contributed by atoms with Crippen LogP contribution in [-0.4, -0.2) is 55.5 Å². The Labute approximate surface area is 196 Å². The maximum Gasteiger partial charge on any atom is 0.442 e. The van der Waals surface area contributed by atoms with E-state index >= 15 is 0 Å². The lowest BCUT2D eigenvalue weighted by Gasteiger charge is -2.55. The molecular formula is C24H33N3O5Si. The minimum absolute atomic E-state index is 0.140. The predicted molar refractivity (Wildman–Crippen MR) is 127 cm³/mol. The third-order valence-corrected chi connectivity index (χ3v) is 7.13. The number of hydrogen-bond donors (Lipinski definition) is 1. The summed E-state index contributed by atoms with van der Waals surface area (Å²) in [7, 11) is -1.58. The molecule has 0 unspecified atom stereocenters. The molecule has 8 nitrogen and oxygen atoms in total. The van der Waals surface area contributed by atoms with Crippen molar-refractivity contribution >= 4 is 32.4 Å². The molecule has 0 spiro atoms. The van der Waals surface area contributed by atoms with E-state index in [0.717, 1.165) is 0 Å². The number of nitrogens with one attached hydrogen (secondary N) is 1. The van der Waals surface area contributed by atoms with E-state index in [1.54, 1.807) is 30.3 Å². The number of carbonyl (C=O) groups excluding carboxylic acids is 3. The van der Waals surface area contributed by atoms with Crippen LogP contribution in [0, 0.1) is 11.3 Å². The van der Waals surface area contributed by atoms with Gasteiger partial charge in [0.25, 0.3) is 5.78 Å². The Morgan fingerprint density at radius 1 is 1.24 bits per heavy atom. The van der Waals surface area contributed by atoms with Crippen molar-refractivity contribution in [1.82, 2.24) is 5.32 Å². The molecule has 2 rings (SSSR count). The van der Waals surface area contributed by atoms with Crippen molar-refractivity contribution in [2.75, 3.05) is 6.61 Å². The highest BCUT2D eigenvalue weighted by molar-refractivity contribution is 6.63. The molecule has 1 aromatic rings. The lowest BCUT2D eigenvalue weighted by molar-refractivity contribution is -0.161. The van der Waals surface area contributed by atoms with E-state index in [1.165, 1.54) is 6.08 Å². The number of benzene rings is 1. The largest absolute Gasteiger partial charge is 0.453 e. The first kappa shape index (κ1) is 26.4. The summed E-state index contributed by atoms with van der Waals surface area (Å²) in [5, 5.41) is 2.86. The van der Waals surface area contributed by atoms with Crippen LogP contribution in [0.15, 0.2) is 43.0 Å². The van der Waals surface area contributed by atoms with Gasteiger partial charge in [-0.15, -0.1) is 0 Å². The third-order valence-electron chi connectivity index (χ3n) is 6.17. The van der Waals surface area contributed by atoms with E-state index in [4.69, 9.17) is 9.16 Å². The maximum absolute atomic E-state index is 13.6. The molecule has 1 fully saturated rings. The zero-order chi connectivity index (χ0) is 25.0. The van der Waals surface area contributed by atoms with Crippen LogP contribution in [-0.2, 0) is 23.5 Å². The van der Waals surface area contributed by atoms with Gasteiger partial charge in [0.15, 0.2) is 9.04 Å². The van der Waals surface area contributed by atoms with E-state index in [2.05, 4.69) is 16.7 Å². The Kier molecular flexibility index (Phi) is 8.29. The van der Waals surface area contributed by atoms with Crippen molar-refractivity contribution in [3.8, 4) is 0 Å². The lowest BCUT2D eigenvalue weighted by atomic mass is 9.61. The van der Waals surface area contributed by atoms with Gasteiger partial charge in [-0.25, -0.2) is 4.79 Å². The number of amides is 1. The predicted octanol–water partition coefficient (Wildman–Crippen LogP) is 2.66. The molecule has 0 radical (unpaired) electrons. The summed E-state index contributed by atoms with van der Waals surface area (Å²) in [4.78, 5) is 41.8. The zero-order valence-electron chi connectivity index (χ0n) is 20.1. The molecule has 0 aromatic heterocycles. The van der Waals surface area contributed by atoms with Crippen LogP contribution in [0.3, 0.4) is 0 Å². The molecule has 1 amide bonds. The van der Waals surface area contributed by atoms with Crippen LogP contribution < -0.4 is 5.32 Å². The summed E-state index contributed by atoms with van der Waals surface area (Å²) in [6.45, 7) is 15.3. The summed E-state index contributed by atoms with van der Waals surface area (Å²) in [5.74, 6) is -3.67. The highest BCUT2D eigenvalue weighted by Crippen LogP contribution is 2.47. The van der Waals surface area contributed by atoms with Crippen molar-refractivity contribution in [3.05, 3.63) is 54.1 Å². The first-order valence-corrected chi connectivity index (χ1v) is 13.7. The number of hydrogen-bond acceptors (Lipinski definition) is 5. The van der Waals surface area contributed by atoms with Crippen molar-refractivity contribution in [3.63, 3.8) is 0 Å². The normalized spacial score (nSPS) is 20.5. The smallest absolute Gasteiger partial charge is 0.442 e. The Hall–Kier alpha value is -2.87. The fourth-order valence-electron chi connectivity index (χ4n) is 4.20. The van der Waals surface area contributed by atoms with Gasteiger partial charge in [-0.1, -0.05) is 63.8 Å². The zero-order valence-corrected chi connectivity index (χ0v) is 21.3. The highest BCUT2D eigenvalue weighted by Gasteiger charge is 2.61. The molecule has 178 valence electrons. The fourth-order valence-corrected chi connectivity index (χ4v) is 5.68. The van der Waals surface area contributed by atoms with Crippen molar-refractivity contribution in [1.29, 1.82) is 0 Å². The summed E-state index contributed by atoms with van der Waals surface area (Å²) in [5.41, 5.74) is 8.05. The molecule has 0 saturated carbocycles. The van der Waals surface area contributed by atoms with Gasteiger partial charge in [0.2, 0.25) is 5.91 Å². The molecule has 1 aromatic carbocycles. The van der Waals surface area contributed by atoms with Crippen LogP contribution in [0.5, 0.6) is 0 Å². The summed E-state index contributed by atoms with van der Waals surface area (Å²) >= 11 is 0. The van der Waals surface area contributed by atoms with E-state index in [9.17, 15) is 19.9 Å². The molecule has 1 aliphatic rings. The standard InChI is InChI=1S/C24H33N3O5Si/c1-8-14-31-22(30)19(27-25)20(28)16(15-12-10-9-11-13-15)18-17(21(29)26-18)24(5,23(2,3)4)32-33(6)7/h8-13,16-18,33H,1,14H2,2-7H3,(H,26,29)/t16-,17-,18-,24-/m1/s1. The van der Waals surface area contributed by atoms with Crippen LogP contribution >= 0.6 is 0 Å². The van der Waals surface area contributed by atoms with Gasteiger partial charge in [-0.2, -0.15) is 4.79 Å². The summed E-state index contributed by atoms with van der Waals surface area (Å²) < 4.78 is 11.4. The first-order valence-electron chi connectivity index (χ1n) is 11.0. The summed E-state index contributed by atoms with van der Waals surface area (Å²) in [6, 6.07) is 8.12. The van der Waals surface area contributed by atoms with E-state index in [1.807, 2.05) is 40.8 Å². The van der Waals surface area contributed by atoms with Crippen molar-refractivity contribution < 1.29 is 28.3 Å².